The maximum atomic E-state index is 11.5. The molecule has 84 valence electrons. The molecule has 0 aromatic heterocycles. The number of hydrogen-bond acceptors (Lipinski definition) is 3. The van der Waals surface area contributed by atoms with Gasteiger partial charge in [-0.25, -0.2) is 0 Å². The largest absolute Gasteiger partial charge is 0.466 e. The lowest BCUT2D eigenvalue weighted by molar-refractivity contribution is -0.153. The molecule has 0 aromatic rings. The molecular weight excluding hydrogens is 180 g/mol. The van der Waals surface area contributed by atoms with Gasteiger partial charge < -0.3 is 9.84 Å². The highest BCUT2D eigenvalue weighted by Crippen LogP contribution is 2.19. The van der Waals surface area contributed by atoms with E-state index in [1.54, 1.807) is 6.92 Å². The molecule has 0 radical (unpaired) electrons. The van der Waals surface area contributed by atoms with Crippen LogP contribution in [0.25, 0.3) is 0 Å². The van der Waals surface area contributed by atoms with Crippen molar-refractivity contribution >= 4 is 5.97 Å². The first-order valence-corrected chi connectivity index (χ1v) is 5.37. The zero-order valence-corrected chi connectivity index (χ0v) is 9.62. The molecule has 0 aliphatic carbocycles. The van der Waals surface area contributed by atoms with Gasteiger partial charge in [-0.3, -0.25) is 4.79 Å². The fraction of sp³-hybridized carbons (Fsp3) is 0.909. The highest BCUT2D eigenvalue weighted by atomic mass is 16.5. The number of ether oxygens (including phenoxy) is 1. The Morgan fingerprint density at radius 2 is 1.93 bits per heavy atom. The van der Waals surface area contributed by atoms with Gasteiger partial charge in [0, 0.05) is 0 Å². The Labute approximate surface area is 86.5 Å². The third-order valence-corrected chi connectivity index (χ3v) is 2.20. The first-order valence-electron chi connectivity index (χ1n) is 5.37. The second-order valence-electron chi connectivity index (χ2n) is 3.96. The molecule has 3 nitrogen and oxygen atoms in total. The van der Waals surface area contributed by atoms with Gasteiger partial charge in [-0.2, -0.15) is 0 Å². The predicted molar refractivity (Wildman–Crippen MR) is 55.9 cm³/mol. The second kappa shape index (κ2) is 6.82. The third kappa shape index (κ3) is 4.61. The molecule has 2 atom stereocenters. The molecule has 2 unspecified atom stereocenters. The summed E-state index contributed by atoms with van der Waals surface area (Å²) < 4.78 is 4.93. The van der Waals surface area contributed by atoms with Crippen LogP contribution in [0, 0.1) is 11.8 Å². The molecule has 0 aromatic carbocycles. The SMILES string of the molecule is CCOC(=O)C(CC(C)C)C(O)CC. The summed E-state index contributed by atoms with van der Waals surface area (Å²) in [6.07, 6.45) is 0.709. The molecule has 1 N–H and O–H groups in total. The van der Waals surface area contributed by atoms with Crippen LogP contribution < -0.4 is 0 Å². The van der Waals surface area contributed by atoms with Crippen LogP contribution in [0.4, 0.5) is 0 Å². The van der Waals surface area contributed by atoms with Crippen LogP contribution in [0.3, 0.4) is 0 Å². The third-order valence-electron chi connectivity index (χ3n) is 2.20. The Bertz CT molecular complexity index is 166. The molecule has 14 heavy (non-hydrogen) atoms. The van der Waals surface area contributed by atoms with E-state index >= 15 is 0 Å². The standard InChI is InChI=1S/C11H22O3/c1-5-10(12)9(7-8(3)4)11(13)14-6-2/h8-10,12H,5-7H2,1-4H3. The Morgan fingerprint density at radius 1 is 1.36 bits per heavy atom. The maximum absolute atomic E-state index is 11.5. The average molecular weight is 202 g/mol. The molecule has 0 saturated carbocycles. The van der Waals surface area contributed by atoms with Gasteiger partial charge in [0.15, 0.2) is 0 Å². The van der Waals surface area contributed by atoms with Crippen molar-refractivity contribution in [2.45, 2.75) is 46.6 Å². The van der Waals surface area contributed by atoms with E-state index in [9.17, 15) is 9.90 Å². The van der Waals surface area contributed by atoms with Crippen molar-refractivity contribution in [3.63, 3.8) is 0 Å². The molecule has 0 saturated heterocycles. The number of carbonyl (C=O) groups excluding carboxylic acids is 1. The normalized spacial score (nSPS) is 15.3. The fourth-order valence-corrected chi connectivity index (χ4v) is 1.45. The molecule has 0 aliphatic heterocycles. The van der Waals surface area contributed by atoms with E-state index < -0.39 is 6.10 Å². The van der Waals surface area contributed by atoms with E-state index in [2.05, 4.69) is 0 Å². The van der Waals surface area contributed by atoms with Crippen LogP contribution in [0.2, 0.25) is 0 Å². The fourth-order valence-electron chi connectivity index (χ4n) is 1.45. The van der Waals surface area contributed by atoms with E-state index in [-0.39, 0.29) is 11.9 Å². The van der Waals surface area contributed by atoms with Crippen molar-refractivity contribution in [1.29, 1.82) is 0 Å². The summed E-state index contributed by atoms with van der Waals surface area (Å²) in [5, 5.41) is 9.66. The number of aliphatic hydroxyl groups excluding tert-OH is 1. The molecule has 0 amide bonds. The van der Waals surface area contributed by atoms with Gasteiger partial charge >= 0.3 is 5.97 Å². The van der Waals surface area contributed by atoms with Gasteiger partial charge in [0.05, 0.1) is 18.6 Å². The zero-order chi connectivity index (χ0) is 11.1. The van der Waals surface area contributed by atoms with Crippen LogP contribution in [0.15, 0.2) is 0 Å². The van der Waals surface area contributed by atoms with Crippen LogP contribution in [-0.2, 0) is 9.53 Å². The van der Waals surface area contributed by atoms with Crippen molar-refractivity contribution in [3.8, 4) is 0 Å². The topological polar surface area (TPSA) is 46.5 Å². The zero-order valence-electron chi connectivity index (χ0n) is 9.62. The van der Waals surface area contributed by atoms with Gasteiger partial charge in [-0.05, 0) is 25.7 Å². The van der Waals surface area contributed by atoms with E-state index in [0.717, 1.165) is 0 Å². The highest BCUT2D eigenvalue weighted by Gasteiger charge is 2.27. The van der Waals surface area contributed by atoms with Crippen molar-refractivity contribution < 1.29 is 14.6 Å². The van der Waals surface area contributed by atoms with Gasteiger partial charge in [-0.1, -0.05) is 20.8 Å². The minimum Gasteiger partial charge on any atom is -0.466 e. The van der Waals surface area contributed by atoms with E-state index in [1.807, 2.05) is 20.8 Å². The average Bonchev–Trinajstić information content (AvgIpc) is 2.13. The Balaban J connectivity index is 4.30. The summed E-state index contributed by atoms with van der Waals surface area (Å²) in [6, 6.07) is 0. The number of esters is 1. The molecule has 0 spiro atoms. The first-order chi connectivity index (χ1) is 6.52. The summed E-state index contributed by atoms with van der Waals surface area (Å²) >= 11 is 0. The molecule has 0 heterocycles. The summed E-state index contributed by atoms with van der Waals surface area (Å²) in [7, 11) is 0. The molecule has 3 heteroatoms. The molecule has 0 aliphatic rings. The summed E-state index contributed by atoms with van der Waals surface area (Å²) in [5.41, 5.74) is 0. The van der Waals surface area contributed by atoms with Crippen molar-refractivity contribution in [1.82, 2.24) is 0 Å². The van der Waals surface area contributed by atoms with Crippen LogP contribution >= 0.6 is 0 Å². The molecular formula is C11H22O3. The van der Waals surface area contributed by atoms with Gasteiger partial charge in [-0.15, -0.1) is 0 Å². The van der Waals surface area contributed by atoms with Gasteiger partial charge in [0.25, 0.3) is 0 Å². The molecule has 0 fully saturated rings. The van der Waals surface area contributed by atoms with Gasteiger partial charge in [0.2, 0.25) is 0 Å². The summed E-state index contributed by atoms with van der Waals surface area (Å²) in [4.78, 5) is 11.5. The monoisotopic (exact) mass is 202 g/mol. The van der Waals surface area contributed by atoms with Crippen molar-refractivity contribution in [3.05, 3.63) is 0 Å². The number of rotatable bonds is 6. The lowest BCUT2D eigenvalue weighted by atomic mass is 9.91. The van der Waals surface area contributed by atoms with E-state index in [4.69, 9.17) is 4.74 Å². The van der Waals surface area contributed by atoms with E-state index in [0.29, 0.717) is 25.4 Å². The molecule has 0 rings (SSSR count). The van der Waals surface area contributed by atoms with Crippen molar-refractivity contribution in [2.24, 2.45) is 11.8 Å². The van der Waals surface area contributed by atoms with Crippen LogP contribution in [-0.4, -0.2) is 23.8 Å². The van der Waals surface area contributed by atoms with Crippen LogP contribution in [0.5, 0.6) is 0 Å². The lowest BCUT2D eigenvalue weighted by Gasteiger charge is -2.21. The maximum Gasteiger partial charge on any atom is 0.311 e. The Hall–Kier alpha value is -0.570. The summed E-state index contributed by atoms with van der Waals surface area (Å²) in [6.45, 7) is 8.10. The highest BCUT2D eigenvalue weighted by molar-refractivity contribution is 5.73. The first kappa shape index (κ1) is 13.4. The second-order valence-corrected chi connectivity index (χ2v) is 3.96. The Morgan fingerprint density at radius 3 is 2.29 bits per heavy atom. The lowest BCUT2D eigenvalue weighted by Crippen LogP contribution is -2.30. The number of hydrogen-bond donors (Lipinski definition) is 1. The Kier molecular flexibility index (Phi) is 6.54. The minimum absolute atomic E-state index is 0.268. The van der Waals surface area contributed by atoms with Crippen LogP contribution in [0.1, 0.15) is 40.5 Å². The summed E-state index contributed by atoms with van der Waals surface area (Å²) in [5.74, 6) is -0.235. The smallest absolute Gasteiger partial charge is 0.311 e. The molecule has 0 bridgehead atoms. The minimum atomic E-state index is -0.573. The predicted octanol–water partition coefficient (Wildman–Crippen LogP) is 1.98. The number of carbonyl (C=O) groups is 1. The quantitative estimate of drug-likeness (QED) is 0.670. The van der Waals surface area contributed by atoms with Crippen molar-refractivity contribution in [2.75, 3.05) is 6.61 Å². The van der Waals surface area contributed by atoms with E-state index in [1.165, 1.54) is 0 Å². The number of aliphatic hydroxyl groups is 1. The van der Waals surface area contributed by atoms with Gasteiger partial charge in [0.1, 0.15) is 0 Å².